The van der Waals surface area contributed by atoms with E-state index in [9.17, 15) is 9.90 Å². The molecule has 4 nitrogen and oxygen atoms in total. The summed E-state index contributed by atoms with van der Waals surface area (Å²) >= 11 is 0. The molecule has 0 bridgehead atoms. The van der Waals surface area contributed by atoms with Crippen LogP contribution in [0.4, 0.5) is 4.79 Å². The molecule has 1 atom stereocenters. The zero-order valence-corrected chi connectivity index (χ0v) is 15.3. The molecule has 2 aromatic carbocycles. The van der Waals surface area contributed by atoms with Gasteiger partial charge < -0.3 is 15.2 Å². The van der Waals surface area contributed by atoms with E-state index in [-0.39, 0.29) is 12.5 Å². The van der Waals surface area contributed by atoms with Gasteiger partial charge in [0.2, 0.25) is 0 Å². The number of carbonyl (C=O) groups is 1. The highest BCUT2D eigenvalue weighted by atomic mass is 16.6. The summed E-state index contributed by atoms with van der Waals surface area (Å²) in [6, 6.07) is 19.6. The molecule has 0 saturated heterocycles. The van der Waals surface area contributed by atoms with Gasteiger partial charge in [-0.15, -0.1) is 0 Å². The van der Waals surface area contributed by atoms with Crippen LogP contribution in [0.25, 0.3) is 0 Å². The fraction of sp³-hybridized carbons (Fsp3) is 0.381. The number of nitrogens with one attached hydrogen (secondary N) is 1. The Hall–Kier alpha value is -2.33. The van der Waals surface area contributed by atoms with Gasteiger partial charge in [0.25, 0.3) is 0 Å². The predicted molar refractivity (Wildman–Crippen MR) is 99.6 cm³/mol. The van der Waals surface area contributed by atoms with Crippen LogP contribution in [0.3, 0.4) is 0 Å². The van der Waals surface area contributed by atoms with Crippen LogP contribution in [0.5, 0.6) is 0 Å². The lowest BCUT2D eigenvalue weighted by Crippen LogP contribution is -2.46. The van der Waals surface area contributed by atoms with E-state index in [1.165, 1.54) is 0 Å². The predicted octanol–water partition coefficient (Wildman–Crippen LogP) is 4.09. The Morgan fingerprint density at radius 2 is 1.40 bits per heavy atom. The summed E-state index contributed by atoms with van der Waals surface area (Å²) in [7, 11) is 0. The Morgan fingerprint density at radius 3 is 1.80 bits per heavy atom. The summed E-state index contributed by atoms with van der Waals surface area (Å²) in [6.07, 6.45) is -0.535. The normalized spacial score (nSPS) is 14.0. The van der Waals surface area contributed by atoms with Crippen molar-refractivity contribution in [1.29, 1.82) is 0 Å². The van der Waals surface area contributed by atoms with Crippen molar-refractivity contribution >= 4 is 6.09 Å². The van der Waals surface area contributed by atoms with Gasteiger partial charge in [-0.05, 0) is 38.8 Å². The van der Waals surface area contributed by atoms with Gasteiger partial charge in [0, 0.05) is 5.92 Å². The molecule has 1 amide bonds. The van der Waals surface area contributed by atoms with Crippen molar-refractivity contribution in [1.82, 2.24) is 5.32 Å². The molecule has 0 aliphatic heterocycles. The molecule has 25 heavy (non-hydrogen) atoms. The van der Waals surface area contributed by atoms with E-state index < -0.39 is 17.3 Å². The average Bonchev–Trinajstić information content (AvgIpc) is 2.54. The smallest absolute Gasteiger partial charge is 0.407 e. The number of ether oxygens (including phenoxy) is 1. The molecule has 0 spiro atoms. The molecule has 0 fully saturated rings. The third kappa shape index (κ3) is 5.61. The molecule has 0 aliphatic carbocycles. The molecule has 0 aliphatic rings. The third-order valence-corrected chi connectivity index (χ3v) is 3.88. The van der Waals surface area contributed by atoms with Crippen LogP contribution in [0.15, 0.2) is 60.7 Å². The van der Waals surface area contributed by atoms with Crippen molar-refractivity contribution in [2.45, 2.75) is 44.8 Å². The second-order valence-electron chi connectivity index (χ2n) is 7.47. The van der Waals surface area contributed by atoms with E-state index in [0.717, 1.165) is 11.1 Å². The quantitative estimate of drug-likeness (QED) is 0.861. The third-order valence-electron chi connectivity index (χ3n) is 3.88. The Labute approximate surface area is 149 Å². The van der Waals surface area contributed by atoms with Crippen LogP contribution in [0, 0.1) is 0 Å². The van der Waals surface area contributed by atoms with Gasteiger partial charge in [-0.3, -0.25) is 0 Å². The lowest BCUT2D eigenvalue weighted by molar-refractivity contribution is 0.0253. The molecular weight excluding hydrogens is 314 g/mol. The number of carbonyl (C=O) groups excluding carboxylic acids is 1. The van der Waals surface area contributed by atoms with Crippen molar-refractivity contribution in [3.8, 4) is 0 Å². The first-order chi connectivity index (χ1) is 11.7. The molecule has 2 N–H and O–H groups in total. The largest absolute Gasteiger partial charge is 0.444 e. The van der Waals surface area contributed by atoms with Crippen LogP contribution in [-0.2, 0) is 4.74 Å². The number of hydrogen-bond acceptors (Lipinski definition) is 3. The molecule has 0 heterocycles. The molecule has 134 valence electrons. The number of aliphatic hydroxyl groups is 1. The summed E-state index contributed by atoms with van der Waals surface area (Å²) < 4.78 is 5.26. The van der Waals surface area contributed by atoms with E-state index in [1.54, 1.807) is 6.92 Å². The summed E-state index contributed by atoms with van der Waals surface area (Å²) in [5.41, 5.74) is 0.225. The molecule has 0 saturated carbocycles. The van der Waals surface area contributed by atoms with Crippen LogP contribution in [-0.4, -0.2) is 28.9 Å². The van der Waals surface area contributed by atoms with E-state index in [4.69, 9.17) is 4.74 Å². The Bertz CT molecular complexity index is 636. The lowest BCUT2D eigenvalue weighted by atomic mass is 9.78. The molecular formula is C21H27NO3. The van der Waals surface area contributed by atoms with Crippen LogP contribution >= 0.6 is 0 Å². The second-order valence-corrected chi connectivity index (χ2v) is 7.47. The van der Waals surface area contributed by atoms with E-state index in [0.29, 0.717) is 0 Å². The van der Waals surface area contributed by atoms with Crippen LogP contribution in [0.1, 0.15) is 44.7 Å². The first-order valence-electron chi connectivity index (χ1n) is 8.48. The van der Waals surface area contributed by atoms with Crippen molar-refractivity contribution in [3.05, 3.63) is 71.8 Å². The Morgan fingerprint density at radius 1 is 0.960 bits per heavy atom. The number of hydrogen-bond donors (Lipinski definition) is 2. The minimum absolute atomic E-state index is 0.0797. The standard InChI is InChI=1S/C21H27NO3/c1-20(2,3)25-19(23)22-15-21(4,24)18(16-11-7-5-8-12-16)17-13-9-6-10-14-17/h5-14,18,24H,15H2,1-4H3,(H,22,23). The van der Waals surface area contributed by atoms with Crippen molar-refractivity contribution in [3.63, 3.8) is 0 Å². The van der Waals surface area contributed by atoms with Gasteiger partial charge in [0.05, 0.1) is 12.1 Å². The van der Waals surface area contributed by atoms with Crippen molar-refractivity contribution in [2.75, 3.05) is 6.54 Å². The SMILES string of the molecule is CC(C)(C)OC(=O)NCC(C)(O)C(c1ccccc1)c1ccccc1. The van der Waals surface area contributed by atoms with Gasteiger partial charge in [-0.2, -0.15) is 0 Å². The lowest BCUT2D eigenvalue weighted by Gasteiger charge is -2.34. The number of amides is 1. The highest BCUT2D eigenvalue weighted by Crippen LogP contribution is 2.34. The van der Waals surface area contributed by atoms with Gasteiger partial charge in [-0.25, -0.2) is 4.79 Å². The highest BCUT2D eigenvalue weighted by molar-refractivity contribution is 5.67. The van der Waals surface area contributed by atoms with Crippen molar-refractivity contribution < 1.29 is 14.6 Å². The number of benzene rings is 2. The van der Waals surface area contributed by atoms with E-state index in [2.05, 4.69) is 5.32 Å². The number of rotatable bonds is 5. The maximum Gasteiger partial charge on any atom is 0.407 e. The summed E-state index contributed by atoms with van der Waals surface area (Å²) in [5, 5.41) is 13.8. The summed E-state index contributed by atoms with van der Waals surface area (Å²) in [6.45, 7) is 7.23. The second kappa shape index (κ2) is 7.70. The fourth-order valence-electron chi connectivity index (χ4n) is 2.87. The van der Waals surface area contributed by atoms with E-state index in [1.807, 2.05) is 81.4 Å². The van der Waals surface area contributed by atoms with Gasteiger partial charge in [0.1, 0.15) is 5.60 Å². The maximum absolute atomic E-state index is 12.0. The molecule has 1 unspecified atom stereocenters. The summed E-state index contributed by atoms with van der Waals surface area (Å²) in [4.78, 5) is 12.0. The number of alkyl carbamates (subject to hydrolysis) is 1. The molecule has 0 aromatic heterocycles. The minimum atomic E-state index is -1.18. The van der Waals surface area contributed by atoms with Gasteiger partial charge in [0.15, 0.2) is 0 Å². The molecule has 0 radical (unpaired) electrons. The minimum Gasteiger partial charge on any atom is -0.444 e. The molecule has 2 rings (SSSR count). The zero-order chi connectivity index (χ0) is 18.5. The van der Waals surface area contributed by atoms with Crippen LogP contribution in [0.2, 0.25) is 0 Å². The van der Waals surface area contributed by atoms with Gasteiger partial charge >= 0.3 is 6.09 Å². The maximum atomic E-state index is 12.0. The summed E-state index contributed by atoms with van der Waals surface area (Å²) in [5.74, 6) is -0.273. The van der Waals surface area contributed by atoms with Crippen molar-refractivity contribution in [2.24, 2.45) is 0 Å². The Balaban J connectivity index is 2.22. The van der Waals surface area contributed by atoms with Crippen LogP contribution < -0.4 is 5.32 Å². The Kier molecular flexibility index (Phi) is 5.85. The van der Waals surface area contributed by atoms with Gasteiger partial charge in [-0.1, -0.05) is 60.7 Å². The zero-order valence-electron chi connectivity index (χ0n) is 15.3. The fourth-order valence-corrected chi connectivity index (χ4v) is 2.87. The molecule has 4 heteroatoms. The molecule has 2 aromatic rings. The monoisotopic (exact) mass is 341 g/mol. The first kappa shape index (κ1) is 19.0. The average molecular weight is 341 g/mol. The highest BCUT2D eigenvalue weighted by Gasteiger charge is 2.35. The first-order valence-corrected chi connectivity index (χ1v) is 8.48. The van der Waals surface area contributed by atoms with E-state index >= 15 is 0 Å². The topological polar surface area (TPSA) is 58.6 Å².